The summed E-state index contributed by atoms with van der Waals surface area (Å²) in [6.45, 7) is 4.13. The number of carbonyl (C=O) groups excluding carboxylic acids is 1. The summed E-state index contributed by atoms with van der Waals surface area (Å²) in [5, 5.41) is 9.31. The summed E-state index contributed by atoms with van der Waals surface area (Å²) >= 11 is 0. The zero-order valence-electron chi connectivity index (χ0n) is 8.88. The van der Waals surface area contributed by atoms with Gasteiger partial charge in [-0.25, -0.2) is 4.79 Å². The largest absolute Gasteiger partial charge is 0.456 e. The van der Waals surface area contributed by atoms with Crippen molar-refractivity contribution in [1.29, 1.82) is 0 Å². The molecule has 1 N–H and O–H groups in total. The van der Waals surface area contributed by atoms with Gasteiger partial charge in [-0.3, -0.25) is 0 Å². The van der Waals surface area contributed by atoms with Crippen molar-refractivity contribution in [3.05, 3.63) is 0 Å². The molecule has 80 valence electrons. The molecule has 0 amide bonds. The predicted octanol–water partition coefficient (Wildman–Crippen LogP) is 1.49. The summed E-state index contributed by atoms with van der Waals surface area (Å²) in [6, 6.07) is 0. The summed E-state index contributed by atoms with van der Waals surface area (Å²) in [7, 11) is 0. The molecule has 0 bridgehead atoms. The van der Waals surface area contributed by atoms with E-state index in [1.54, 1.807) is 6.92 Å². The molecule has 1 atom stereocenters. The number of carbonyl (C=O) groups is 1. The van der Waals surface area contributed by atoms with Gasteiger partial charge >= 0.3 is 5.97 Å². The maximum atomic E-state index is 10.8. The standard InChI is InChI=1S/C11H18O3/c1-3-5-6-7-10(12)8-9-11(13)14-4-2/h10,12H,3-7H2,1-2H3. The summed E-state index contributed by atoms with van der Waals surface area (Å²) in [5.41, 5.74) is 0. The highest BCUT2D eigenvalue weighted by atomic mass is 16.5. The lowest BCUT2D eigenvalue weighted by Crippen LogP contribution is -2.05. The molecule has 0 rings (SSSR count). The molecule has 0 aliphatic heterocycles. The summed E-state index contributed by atoms with van der Waals surface area (Å²) < 4.78 is 4.59. The molecule has 3 heteroatoms. The quantitative estimate of drug-likeness (QED) is 0.315. The Morgan fingerprint density at radius 2 is 2.14 bits per heavy atom. The van der Waals surface area contributed by atoms with Crippen LogP contribution in [-0.4, -0.2) is 23.8 Å². The topological polar surface area (TPSA) is 46.5 Å². The number of ether oxygens (including phenoxy) is 1. The van der Waals surface area contributed by atoms with Crippen molar-refractivity contribution in [1.82, 2.24) is 0 Å². The van der Waals surface area contributed by atoms with Gasteiger partial charge in [0.1, 0.15) is 6.10 Å². The number of hydrogen-bond donors (Lipinski definition) is 1. The number of unbranched alkanes of at least 4 members (excludes halogenated alkanes) is 2. The Morgan fingerprint density at radius 3 is 2.71 bits per heavy atom. The van der Waals surface area contributed by atoms with E-state index in [9.17, 15) is 9.90 Å². The van der Waals surface area contributed by atoms with Gasteiger partial charge in [-0.2, -0.15) is 0 Å². The molecule has 0 heterocycles. The molecule has 0 fully saturated rings. The third-order valence-electron chi connectivity index (χ3n) is 1.70. The molecule has 0 aromatic heterocycles. The average molecular weight is 198 g/mol. The lowest BCUT2D eigenvalue weighted by atomic mass is 10.1. The van der Waals surface area contributed by atoms with Gasteiger partial charge in [0.05, 0.1) is 6.61 Å². The van der Waals surface area contributed by atoms with Gasteiger partial charge in [-0.05, 0) is 19.8 Å². The third-order valence-corrected chi connectivity index (χ3v) is 1.70. The van der Waals surface area contributed by atoms with Crippen LogP contribution >= 0.6 is 0 Å². The van der Waals surface area contributed by atoms with Crippen molar-refractivity contribution in [3.8, 4) is 11.8 Å². The Hall–Kier alpha value is -1.01. The van der Waals surface area contributed by atoms with Crippen LogP contribution in [0.2, 0.25) is 0 Å². The van der Waals surface area contributed by atoms with Crippen molar-refractivity contribution in [2.45, 2.75) is 45.6 Å². The lowest BCUT2D eigenvalue weighted by Gasteiger charge is -2.00. The van der Waals surface area contributed by atoms with Crippen LogP contribution in [0.4, 0.5) is 0 Å². The molecule has 0 saturated heterocycles. The van der Waals surface area contributed by atoms with E-state index < -0.39 is 12.1 Å². The van der Waals surface area contributed by atoms with E-state index in [4.69, 9.17) is 0 Å². The van der Waals surface area contributed by atoms with Crippen molar-refractivity contribution >= 4 is 5.97 Å². The van der Waals surface area contributed by atoms with E-state index in [-0.39, 0.29) is 0 Å². The molecular formula is C11H18O3. The third kappa shape index (κ3) is 7.63. The molecule has 0 aromatic rings. The van der Waals surface area contributed by atoms with Crippen LogP contribution in [0.15, 0.2) is 0 Å². The highest BCUT2D eigenvalue weighted by Crippen LogP contribution is 2.01. The molecule has 14 heavy (non-hydrogen) atoms. The van der Waals surface area contributed by atoms with Gasteiger partial charge in [0, 0.05) is 5.92 Å². The number of hydrogen-bond acceptors (Lipinski definition) is 3. The van der Waals surface area contributed by atoms with Crippen LogP contribution in [0.3, 0.4) is 0 Å². The average Bonchev–Trinajstić information content (AvgIpc) is 2.16. The monoisotopic (exact) mass is 198 g/mol. The smallest absolute Gasteiger partial charge is 0.384 e. The van der Waals surface area contributed by atoms with Crippen LogP contribution in [-0.2, 0) is 9.53 Å². The summed E-state index contributed by atoms with van der Waals surface area (Å²) in [5.74, 6) is 4.14. The molecule has 1 unspecified atom stereocenters. The van der Waals surface area contributed by atoms with Gasteiger partial charge in [0.15, 0.2) is 0 Å². The molecule has 0 aromatic carbocycles. The van der Waals surface area contributed by atoms with E-state index in [1.807, 2.05) is 0 Å². The van der Waals surface area contributed by atoms with Gasteiger partial charge in [-0.15, -0.1) is 0 Å². The molecule has 0 aliphatic carbocycles. The Morgan fingerprint density at radius 1 is 1.43 bits per heavy atom. The minimum atomic E-state index is -0.703. The molecule has 0 radical (unpaired) electrons. The van der Waals surface area contributed by atoms with Crippen LogP contribution in [0.1, 0.15) is 39.5 Å². The van der Waals surface area contributed by atoms with E-state index in [0.717, 1.165) is 19.3 Å². The minimum Gasteiger partial charge on any atom is -0.456 e. The van der Waals surface area contributed by atoms with E-state index >= 15 is 0 Å². The number of rotatable bonds is 5. The highest BCUT2D eigenvalue weighted by Gasteiger charge is 1.99. The minimum absolute atomic E-state index is 0.319. The predicted molar refractivity (Wildman–Crippen MR) is 54.6 cm³/mol. The maximum Gasteiger partial charge on any atom is 0.384 e. The molecule has 3 nitrogen and oxygen atoms in total. The summed E-state index contributed by atoms with van der Waals surface area (Å²) in [4.78, 5) is 10.8. The number of aliphatic hydroxyl groups is 1. The first-order valence-corrected chi connectivity index (χ1v) is 5.07. The SMILES string of the molecule is CCCCCC(O)C#CC(=O)OCC. The number of aliphatic hydroxyl groups excluding tert-OH is 1. The van der Waals surface area contributed by atoms with Gasteiger partial charge in [-0.1, -0.05) is 25.7 Å². The van der Waals surface area contributed by atoms with Gasteiger partial charge in [0.25, 0.3) is 0 Å². The van der Waals surface area contributed by atoms with E-state index in [2.05, 4.69) is 23.5 Å². The Bertz CT molecular complexity index is 212. The fourth-order valence-corrected chi connectivity index (χ4v) is 0.969. The zero-order chi connectivity index (χ0) is 10.8. The van der Waals surface area contributed by atoms with Crippen LogP contribution < -0.4 is 0 Å². The Labute approximate surface area is 85.5 Å². The van der Waals surface area contributed by atoms with Crippen LogP contribution in [0.5, 0.6) is 0 Å². The van der Waals surface area contributed by atoms with Crippen molar-refractivity contribution in [2.24, 2.45) is 0 Å². The van der Waals surface area contributed by atoms with E-state index in [1.165, 1.54) is 0 Å². The van der Waals surface area contributed by atoms with Crippen LogP contribution in [0, 0.1) is 11.8 Å². The fraction of sp³-hybridized carbons (Fsp3) is 0.727. The Kier molecular flexibility index (Phi) is 7.96. The Balaban J connectivity index is 3.68. The van der Waals surface area contributed by atoms with Gasteiger partial charge in [0.2, 0.25) is 0 Å². The number of esters is 1. The van der Waals surface area contributed by atoms with Crippen molar-refractivity contribution < 1.29 is 14.6 Å². The van der Waals surface area contributed by atoms with E-state index in [0.29, 0.717) is 13.0 Å². The lowest BCUT2D eigenvalue weighted by molar-refractivity contribution is -0.136. The molecule has 0 saturated carbocycles. The molecule has 0 aliphatic rings. The summed E-state index contributed by atoms with van der Waals surface area (Å²) in [6.07, 6.45) is 3.05. The van der Waals surface area contributed by atoms with Crippen LogP contribution in [0.25, 0.3) is 0 Å². The second-order valence-corrected chi connectivity index (χ2v) is 3.00. The van der Waals surface area contributed by atoms with Crippen molar-refractivity contribution in [2.75, 3.05) is 6.61 Å². The first-order valence-electron chi connectivity index (χ1n) is 5.07. The molecule has 0 spiro atoms. The zero-order valence-corrected chi connectivity index (χ0v) is 8.88. The highest BCUT2D eigenvalue weighted by molar-refractivity contribution is 5.88. The maximum absolute atomic E-state index is 10.8. The second-order valence-electron chi connectivity index (χ2n) is 3.00. The van der Waals surface area contributed by atoms with Gasteiger partial charge < -0.3 is 9.84 Å². The first kappa shape index (κ1) is 13.0. The van der Waals surface area contributed by atoms with Crippen molar-refractivity contribution in [3.63, 3.8) is 0 Å². The second kappa shape index (κ2) is 8.58. The normalized spacial score (nSPS) is 11.4. The first-order chi connectivity index (χ1) is 6.70. The fourth-order valence-electron chi connectivity index (χ4n) is 0.969. The molecular weight excluding hydrogens is 180 g/mol.